The zero-order chi connectivity index (χ0) is 18.6. The minimum atomic E-state index is -0.443. The Morgan fingerprint density at radius 3 is 2.60 bits per heavy atom. The van der Waals surface area contributed by atoms with Crippen LogP contribution in [-0.2, 0) is 4.79 Å². The van der Waals surface area contributed by atoms with Crippen molar-refractivity contribution in [2.45, 2.75) is 6.92 Å². The van der Waals surface area contributed by atoms with E-state index >= 15 is 0 Å². The maximum absolute atomic E-state index is 11.8. The summed E-state index contributed by atoms with van der Waals surface area (Å²) < 4.78 is 6.73. The first-order valence-electron chi connectivity index (χ1n) is 6.90. The molecule has 0 heterocycles. The Labute approximate surface area is 169 Å². The van der Waals surface area contributed by atoms with Gasteiger partial charge in [0.15, 0.2) is 18.1 Å². The quantitative estimate of drug-likeness (QED) is 0.303. The maximum atomic E-state index is 11.8. The number of amides is 1. The molecule has 0 saturated heterocycles. The van der Waals surface area contributed by atoms with E-state index in [0.29, 0.717) is 15.8 Å². The third-order valence-electron chi connectivity index (χ3n) is 3.03. The summed E-state index contributed by atoms with van der Waals surface area (Å²) in [7, 11) is 0. The van der Waals surface area contributed by atoms with Gasteiger partial charge in [-0.1, -0.05) is 6.07 Å². The van der Waals surface area contributed by atoms with Crippen molar-refractivity contribution >= 4 is 59.9 Å². The van der Waals surface area contributed by atoms with Crippen LogP contribution in [0.15, 0.2) is 42.8 Å². The second-order valence-corrected chi connectivity index (χ2v) is 7.48. The minimum Gasteiger partial charge on any atom is -0.503 e. The topological polar surface area (TPSA) is 91.2 Å². The van der Waals surface area contributed by atoms with Gasteiger partial charge in [0.05, 0.1) is 19.6 Å². The molecule has 0 aliphatic heterocycles. The van der Waals surface area contributed by atoms with Crippen molar-refractivity contribution in [3.05, 3.63) is 48.8 Å². The smallest absolute Gasteiger partial charge is 0.277 e. The number of phenolic OH excluding ortho intramolecular Hbond substituents is 2. The number of hydrazone groups is 1. The van der Waals surface area contributed by atoms with E-state index in [1.807, 2.05) is 19.1 Å². The summed E-state index contributed by atoms with van der Waals surface area (Å²) in [6, 6.07) is 7.07. The van der Waals surface area contributed by atoms with Crippen LogP contribution in [0.2, 0.25) is 0 Å². The zero-order valence-electron chi connectivity index (χ0n) is 12.9. The lowest BCUT2D eigenvalue weighted by atomic mass is 10.2. The predicted octanol–water partition coefficient (Wildman–Crippen LogP) is 4.22. The number of hydrogen-bond donors (Lipinski definition) is 3. The van der Waals surface area contributed by atoms with E-state index in [0.717, 1.165) is 10.0 Å². The molecule has 2 aromatic carbocycles. The molecule has 1 amide bonds. The minimum absolute atomic E-state index is 0.204. The third kappa shape index (κ3) is 5.20. The molecule has 2 rings (SSSR count). The highest BCUT2D eigenvalue weighted by Gasteiger charge is 2.13. The number of benzene rings is 2. The Hall–Kier alpha value is -1.58. The van der Waals surface area contributed by atoms with Gasteiger partial charge in [0.2, 0.25) is 0 Å². The number of carbonyl (C=O) groups excluding carboxylic acids is 1. The van der Waals surface area contributed by atoms with E-state index in [2.05, 4.69) is 58.3 Å². The molecule has 3 N–H and O–H groups in total. The van der Waals surface area contributed by atoms with Crippen LogP contribution in [0.1, 0.15) is 11.1 Å². The lowest BCUT2D eigenvalue weighted by Gasteiger charge is -2.08. The van der Waals surface area contributed by atoms with Crippen molar-refractivity contribution in [3.8, 4) is 17.2 Å². The van der Waals surface area contributed by atoms with Crippen LogP contribution in [0, 0.1) is 6.92 Å². The van der Waals surface area contributed by atoms with Gasteiger partial charge in [0.25, 0.3) is 5.91 Å². The number of halogens is 3. The van der Waals surface area contributed by atoms with Gasteiger partial charge in [0, 0.05) is 5.56 Å². The summed E-state index contributed by atoms with van der Waals surface area (Å²) in [5.41, 5.74) is 3.86. The van der Waals surface area contributed by atoms with Gasteiger partial charge in [-0.2, -0.15) is 5.10 Å². The van der Waals surface area contributed by atoms with Crippen LogP contribution >= 0.6 is 47.8 Å². The summed E-state index contributed by atoms with van der Waals surface area (Å²) in [6.07, 6.45) is 1.33. The molecule has 25 heavy (non-hydrogen) atoms. The number of aromatic hydroxyl groups is 2. The normalized spacial score (nSPS) is 10.9. The molecular weight excluding hydrogens is 524 g/mol. The van der Waals surface area contributed by atoms with E-state index in [9.17, 15) is 15.0 Å². The Morgan fingerprint density at radius 2 is 1.92 bits per heavy atom. The number of nitrogens with zero attached hydrogens (tertiary/aromatic N) is 1. The van der Waals surface area contributed by atoms with Gasteiger partial charge in [-0.3, -0.25) is 4.79 Å². The van der Waals surface area contributed by atoms with E-state index in [4.69, 9.17) is 4.74 Å². The fraction of sp³-hybridized carbons (Fsp3) is 0.125. The first kappa shape index (κ1) is 19.7. The van der Waals surface area contributed by atoms with Gasteiger partial charge in [-0.15, -0.1) is 0 Å². The van der Waals surface area contributed by atoms with Crippen molar-refractivity contribution in [1.82, 2.24) is 5.43 Å². The lowest BCUT2D eigenvalue weighted by Crippen LogP contribution is -2.24. The highest BCUT2D eigenvalue weighted by Crippen LogP contribution is 2.40. The average molecular weight is 537 g/mol. The highest BCUT2D eigenvalue weighted by molar-refractivity contribution is 9.11. The SMILES string of the molecule is Cc1ccc(OCC(=O)NN=Cc2cc(Br)c(O)c(O)c2Br)c(Br)c1. The van der Waals surface area contributed by atoms with Crippen LogP contribution in [0.5, 0.6) is 17.2 Å². The number of carbonyl (C=O) groups is 1. The molecule has 0 aliphatic carbocycles. The van der Waals surface area contributed by atoms with Crippen molar-refractivity contribution in [2.75, 3.05) is 6.61 Å². The molecule has 0 aliphatic rings. The molecule has 0 bridgehead atoms. The molecule has 0 spiro atoms. The number of ether oxygens (including phenoxy) is 1. The fourth-order valence-electron chi connectivity index (χ4n) is 1.79. The van der Waals surface area contributed by atoms with E-state index in [-0.39, 0.29) is 22.6 Å². The molecule has 132 valence electrons. The van der Waals surface area contributed by atoms with Gasteiger partial charge >= 0.3 is 0 Å². The second kappa shape index (κ2) is 8.68. The molecule has 0 atom stereocenters. The standard InChI is InChI=1S/C16H13Br3N2O4/c1-8-2-3-12(10(17)4-8)25-7-13(22)21-20-6-9-5-11(18)15(23)16(24)14(9)19/h2-6,23-24H,7H2,1H3,(H,21,22). The zero-order valence-corrected chi connectivity index (χ0v) is 17.6. The van der Waals surface area contributed by atoms with Gasteiger partial charge in [-0.25, -0.2) is 5.43 Å². The van der Waals surface area contributed by atoms with Gasteiger partial charge in [0.1, 0.15) is 5.75 Å². The number of hydrogen-bond acceptors (Lipinski definition) is 5. The molecule has 0 fully saturated rings. The predicted molar refractivity (Wildman–Crippen MR) is 105 cm³/mol. The Morgan fingerprint density at radius 1 is 1.20 bits per heavy atom. The van der Waals surface area contributed by atoms with Crippen LogP contribution in [0.25, 0.3) is 0 Å². The number of rotatable bonds is 5. The molecule has 0 aromatic heterocycles. The molecule has 0 radical (unpaired) electrons. The number of aryl methyl sites for hydroxylation is 1. The lowest BCUT2D eigenvalue weighted by molar-refractivity contribution is -0.123. The Kier molecular flexibility index (Phi) is 6.86. The summed E-state index contributed by atoms with van der Waals surface area (Å²) >= 11 is 9.62. The summed E-state index contributed by atoms with van der Waals surface area (Å²) in [5.74, 6) is -0.499. The molecule has 2 aromatic rings. The molecule has 0 unspecified atom stereocenters. The van der Waals surface area contributed by atoms with Gasteiger partial charge in [-0.05, 0) is 78.5 Å². The third-order valence-corrected chi connectivity index (χ3v) is 5.09. The van der Waals surface area contributed by atoms with E-state index < -0.39 is 5.91 Å². The largest absolute Gasteiger partial charge is 0.503 e. The van der Waals surface area contributed by atoms with Crippen LogP contribution in [-0.4, -0.2) is 28.9 Å². The highest BCUT2D eigenvalue weighted by atomic mass is 79.9. The van der Waals surface area contributed by atoms with E-state index in [1.54, 1.807) is 6.07 Å². The second-order valence-electron chi connectivity index (χ2n) is 4.97. The molecule has 6 nitrogen and oxygen atoms in total. The summed E-state index contributed by atoms with van der Waals surface area (Å²) in [5, 5.41) is 23.1. The van der Waals surface area contributed by atoms with Crippen LogP contribution in [0.3, 0.4) is 0 Å². The summed E-state index contributed by atoms with van der Waals surface area (Å²) in [6.45, 7) is 1.75. The molecular formula is C16H13Br3N2O4. The molecule has 0 saturated carbocycles. The average Bonchev–Trinajstić information content (AvgIpc) is 2.56. The number of nitrogens with one attached hydrogen (secondary N) is 1. The van der Waals surface area contributed by atoms with Gasteiger partial charge < -0.3 is 14.9 Å². The Bertz CT molecular complexity index is 841. The van der Waals surface area contributed by atoms with Crippen molar-refractivity contribution in [2.24, 2.45) is 5.10 Å². The summed E-state index contributed by atoms with van der Waals surface area (Å²) in [4.78, 5) is 11.8. The van der Waals surface area contributed by atoms with Crippen molar-refractivity contribution < 1.29 is 19.7 Å². The Balaban J connectivity index is 1.95. The van der Waals surface area contributed by atoms with E-state index in [1.165, 1.54) is 12.3 Å². The fourth-order valence-corrected chi connectivity index (χ4v) is 3.24. The maximum Gasteiger partial charge on any atom is 0.277 e. The van der Waals surface area contributed by atoms with Crippen LogP contribution in [0.4, 0.5) is 0 Å². The van der Waals surface area contributed by atoms with Crippen molar-refractivity contribution in [3.63, 3.8) is 0 Å². The first-order chi connectivity index (χ1) is 11.8. The van der Waals surface area contributed by atoms with Crippen LogP contribution < -0.4 is 10.2 Å². The molecule has 9 heteroatoms. The monoisotopic (exact) mass is 534 g/mol. The van der Waals surface area contributed by atoms with Crippen molar-refractivity contribution in [1.29, 1.82) is 0 Å². The first-order valence-corrected chi connectivity index (χ1v) is 9.28. The number of phenols is 2.